The third-order valence-electron chi connectivity index (χ3n) is 10.2. The molecule has 2 aliphatic rings. The van der Waals surface area contributed by atoms with E-state index in [1.54, 1.807) is 0 Å². The first-order valence-electron chi connectivity index (χ1n) is 19.0. The van der Waals surface area contributed by atoms with Crippen LogP contribution in [0, 0.1) is 5.92 Å². The van der Waals surface area contributed by atoms with Crippen LogP contribution >= 0.6 is 0 Å². The van der Waals surface area contributed by atoms with E-state index in [2.05, 4.69) is 0 Å². The average Bonchev–Trinajstić information content (AvgIpc) is 3.25. The number of carboxylic acids is 2. The van der Waals surface area contributed by atoms with Gasteiger partial charge >= 0.3 is 29.8 Å². The molecule has 0 amide bonds. The van der Waals surface area contributed by atoms with Crippen molar-refractivity contribution in [1.82, 2.24) is 0 Å². The van der Waals surface area contributed by atoms with Crippen LogP contribution in [0.5, 0.6) is 34.5 Å². The van der Waals surface area contributed by atoms with Crippen molar-refractivity contribution in [2.24, 2.45) is 5.92 Å². The van der Waals surface area contributed by atoms with Gasteiger partial charge in [0.15, 0.2) is 58.9 Å². The van der Waals surface area contributed by atoms with E-state index in [-0.39, 0.29) is 22.3 Å². The minimum Gasteiger partial charge on any atom is -0.504 e. The number of benzene rings is 3. The van der Waals surface area contributed by atoms with Gasteiger partial charge in [-0.05, 0) is 70.8 Å². The molecule has 0 radical (unpaired) electrons. The number of esters is 3. The fourth-order valence-corrected chi connectivity index (χ4v) is 7.00. The number of rotatable bonds is 17. The molecule has 1 aliphatic carbocycles. The summed E-state index contributed by atoms with van der Waals surface area (Å²) in [4.78, 5) is 66.3. The number of aromatic hydroxyl groups is 6. The first-order chi connectivity index (χ1) is 30.6. The highest BCUT2D eigenvalue weighted by Gasteiger charge is 2.49. The zero-order chi connectivity index (χ0) is 48.0. The predicted molar refractivity (Wildman–Crippen MR) is 212 cm³/mol. The monoisotopic (exact) mass is 914 g/mol. The quantitative estimate of drug-likeness (QED) is 0.0327. The number of aliphatic hydroxyl groups excluding tert-OH is 6. The van der Waals surface area contributed by atoms with E-state index < -0.39 is 156 Å². The number of hydrogen-bond acceptors (Lipinski definition) is 21. The SMILES string of the molecule is O=C(O)C[C@H](O)[C@H](OC(=O)C1=Cc2cc(O)c(O)cc2[C@@H](c2ccc(O)c(O)c2)[C@@H]1C(=O)O[C@@H]1C=C(C(=O)O)O[C@H]([C@H](O)CO)[C@@H]1OC(=O)/C=C/c1ccc(O)c(O)c1)[C@@H](O)[C@H](O)CO. The Balaban J connectivity index is 1.67. The van der Waals surface area contributed by atoms with E-state index in [1.165, 1.54) is 6.07 Å². The van der Waals surface area contributed by atoms with Crippen LogP contribution in [-0.4, -0.2) is 163 Å². The molecule has 1 heterocycles. The fraction of sp³-hybridized carbons (Fsp3) is 0.310. The van der Waals surface area contributed by atoms with Gasteiger partial charge in [-0.2, -0.15) is 0 Å². The van der Waals surface area contributed by atoms with Crippen LogP contribution in [0.15, 0.2) is 72.0 Å². The van der Waals surface area contributed by atoms with Crippen molar-refractivity contribution in [2.45, 2.75) is 61.2 Å². The largest absolute Gasteiger partial charge is 0.504 e. The summed E-state index contributed by atoms with van der Waals surface area (Å²) in [6.45, 7) is -2.35. The highest BCUT2D eigenvalue weighted by molar-refractivity contribution is 6.02. The molecule has 0 unspecified atom stereocenters. The first-order valence-corrected chi connectivity index (χ1v) is 19.0. The van der Waals surface area contributed by atoms with E-state index in [1.807, 2.05) is 0 Å². The Morgan fingerprint density at radius 1 is 0.738 bits per heavy atom. The summed E-state index contributed by atoms with van der Waals surface area (Å²) in [5.74, 6) is -17.0. The predicted octanol–water partition coefficient (Wildman–Crippen LogP) is -1.22. The summed E-state index contributed by atoms with van der Waals surface area (Å²) in [7, 11) is 0. The number of phenols is 6. The topological polar surface area (TPSA) is 405 Å². The lowest BCUT2D eigenvalue weighted by Crippen LogP contribution is -2.54. The molecule has 0 saturated carbocycles. The molecule has 23 nitrogen and oxygen atoms in total. The Labute approximate surface area is 365 Å². The zero-order valence-electron chi connectivity index (χ0n) is 33.3. The number of carboxylic acid groups (broad SMARTS) is 2. The highest BCUT2D eigenvalue weighted by atomic mass is 16.6. The second-order valence-corrected chi connectivity index (χ2v) is 14.6. The van der Waals surface area contributed by atoms with Crippen LogP contribution in [0.25, 0.3) is 12.2 Å². The molecule has 0 bridgehead atoms. The normalized spacial score (nSPS) is 21.5. The molecular formula is C42H42O23. The Bertz CT molecular complexity index is 2400. The molecule has 65 heavy (non-hydrogen) atoms. The van der Waals surface area contributed by atoms with Crippen molar-refractivity contribution < 1.29 is 114 Å². The summed E-state index contributed by atoms with van der Waals surface area (Å²) in [5.41, 5.74) is -1.11. The number of carbonyl (C=O) groups is 5. The third kappa shape index (κ3) is 11.0. The van der Waals surface area contributed by atoms with Crippen LogP contribution in [0.1, 0.15) is 34.6 Å². The molecule has 14 N–H and O–H groups in total. The minimum absolute atomic E-state index is 0.113. The maximum Gasteiger partial charge on any atom is 0.370 e. The summed E-state index contributed by atoms with van der Waals surface area (Å²) in [6, 6.07) is 8.29. The van der Waals surface area contributed by atoms with Crippen molar-refractivity contribution in [3.8, 4) is 34.5 Å². The van der Waals surface area contributed by atoms with Gasteiger partial charge in [-0.1, -0.05) is 12.1 Å². The van der Waals surface area contributed by atoms with Gasteiger partial charge in [0.25, 0.3) is 0 Å². The first kappa shape index (κ1) is 48.6. The van der Waals surface area contributed by atoms with Gasteiger partial charge in [-0.3, -0.25) is 9.59 Å². The van der Waals surface area contributed by atoms with Crippen molar-refractivity contribution in [3.05, 3.63) is 94.3 Å². The van der Waals surface area contributed by atoms with Crippen LogP contribution in [-0.2, 0) is 42.9 Å². The van der Waals surface area contributed by atoms with Crippen molar-refractivity contribution in [3.63, 3.8) is 0 Å². The molecule has 348 valence electrons. The lowest BCUT2D eigenvalue weighted by Gasteiger charge is -2.39. The molecule has 10 atom stereocenters. The molecule has 0 aromatic heterocycles. The summed E-state index contributed by atoms with van der Waals surface area (Å²) >= 11 is 0. The second kappa shape index (κ2) is 20.4. The standard InChI is InChI=1S/C42H42O23/c43-14-28(52)36(57)37(27(51)12-32(54)55)65-41(60)20-8-18-10-25(49)26(50)11-19(18)34(17-3-5-22(46)24(48)9-17)35(20)42(61)63-30-13-31(40(58)59)62-38(29(53)15-44)39(30)64-33(56)6-2-16-1-4-21(45)23(47)7-16/h1-11,13,27-30,34-39,43-53,57H,12,14-15H2,(H,54,55)(H,58,59)/b6-2+/t27-,28+,29+,30+,34+,35+,36-,37-,38+,39+/m0/s1. The van der Waals surface area contributed by atoms with Gasteiger partial charge < -0.3 is 90.4 Å². The third-order valence-corrected chi connectivity index (χ3v) is 10.2. The molecule has 0 spiro atoms. The molecule has 1 aliphatic heterocycles. The maximum absolute atomic E-state index is 14.9. The van der Waals surface area contributed by atoms with Crippen LogP contribution in [0.2, 0.25) is 0 Å². The van der Waals surface area contributed by atoms with Crippen molar-refractivity contribution >= 4 is 42.0 Å². The van der Waals surface area contributed by atoms with Crippen LogP contribution in [0.3, 0.4) is 0 Å². The molecule has 3 aromatic carbocycles. The van der Waals surface area contributed by atoms with Crippen molar-refractivity contribution in [1.29, 1.82) is 0 Å². The summed E-state index contributed by atoms with van der Waals surface area (Å²) in [6.07, 6.45) is -15.3. The Morgan fingerprint density at radius 3 is 1.97 bits per heavy atom. The van der Waals surface area contributed by atoms with Gasteiger partial charge in [-0.25, -0.2) is 14.4 Å². The van der Waals surface area contributed by atoms with E-state index in [4.69, 9.17) is 18.9 Å². The smallest absolute Gasteiger partial charge is 0.370 e. The number of aliphatic carboxylic acids is 2. The molecule has 23 heteroatoms. The molecule has 0 saturated heterocycles. The Morgan fingerprint density at radius 2 is 1.37 bits per heavy atom. The van der Waals surface area contributed by atoms with E-state index in [0.29, 0.717) is 6.08 Å². The van der Waals surface area contributed by atoms with Gasteiger partial charge in [-0.15, -0.1) is 0 Å². The fourth-order valence-electron chi connectivity index (χ4n) is 7.00. The lowest BCUT2D eigenvalue weighted by molar-refractivity contribution is -0.189. The van der Waals surface area contributed by atoms with Gasteiger partial charge in [0, 0.05) is 18.1 Å². The zero-order valence-corrected chi connectivity index (χ0v) is 33.3. The van der Waals surface area contributed by atoms with E-state index in [0.717, 1.165) is 60.7 Å². The molecule has 3 aromatic rings. The van der Waals surface area contributed by atoms with Gasteiger partial charge in [0.2, 0.25) is 5.76 Å². The number of aliphatic hydroxyl groups is 6. The number of phenolic OH excluding ortho intramolecular Hbond substituents is 6. The molecule has 0 fully saturated rings. The van der Waals surface area contributed by atoms with E-state index >= 15 is 0 Å². The second-order valence-electron chi connectivity index (χ2n) is 14.6. The van der Waals surface area contributed by atoms with Crippen LogP contribution in [0.4, 0.5) is 0 Å². The van der Waals surface area contributed by atoms with E-state index in [9.17, 15) is 95.5 Å². The van der Waals surface area contributed by atoms with Crippen LogP contribution < -0.4 is 0 Å². The average molecular weight is 915 g/mol. The highest BCUT2D eigenvalue weighted by Crippen LogP contribution is 2.48. The van der Waals surface area contributed by atoms with Gasteiger partial charge in [0.05, 0.1) is 31.1 Å². The minimum atomic E-state index is -2.38. The Kier molecular flexibility index (Phi) is 15.3. The lowest BCUT2D eigenvalue weighted by atomic mass is 9.71. The molecule has 5 rings (SSSR count). The number of carbonyl (C=O) groups excluding carboxylic acids is 3. The van der Waals surface area contributed by atoms with Crippen molar-refractivity contribution in [2.75, 3.05) is 13.2 Å². The number of hydrogen-bond donors (Lipinski definition) is 14. The summed E-state index contributed by atoms with van der Waals surface area (Å²) in [5, 5.41) is 142. The number of fused-ring (bicyclic) bond motifs is 1. The number of ether oxygens (including phenoxy) is 4. The maximum atomic E-state index is 14.9. The molecular weight excluding hydrogens is 872 g/mol. The Hall–Kier alpha value is -7.41. The van der Waals surface area contributed by atoms with Gasteiger partial charge in [0.1, 0.15) is 24.4 Å². The summed E-state index contributed by atoms with van der Waals surface area (Å²) < 4.78 is 21.9.